The average Bonchev–Trinajstić information content (AvgIpc) is 2.84. The minimum absolute atomic E-state index is 0.00396. The number of hydrogen-bond acceptors (Lipinski definition) is 7. The summed E-state index contributed by atoms with van der Waals surface area (Å²) in [5.74, 6) is 1.17. The van der Waals surface area contributed by atoms with Gasteiger partial charge in [-0.05, 0) is 43.0 Å². The molecule has 1 aromatic carbocycles. The lowest BCUT2D eigenvalue weighted by molar-refractivity contribution is -0.384. The predicted molar refractivity (Wildman–Crippen MR) is 124 cm³/mol. The van der Waals surface area contributed by atoms with Crippen LogP contribution in [-0.4, -0.2) is 73.6 Å². The molecule has 2 aliphatic rings. The molecule has 170 valence electrons. The number of piperidine rings is 1. The molecule has 32 heavy (non-hydrogen) atoms. The van der Waals surface area contributed by atoms with E-state index in [0.717, 1.165) is 64.5 Å². The minimum atomic E-state index is -0.387. The molecule has 2 saturated heterocycles. The molecular formula is C23H30N6O3. The molecule has 0 saturated carbocycles. The number of nitro groups is 1. The van der Waals surface area contributed by atoms with Crippen LogP contribution in [0.4, 0.5) is 17.2 Å². The van der Waals surface area contributed by atoms with Crippen LogP contribution < -0.4 is 15.1 Å². The number of anilines is 2. The molecule has 1 N–H and O–H groups in total. The maximum atomic E-state index is 11.9. The highest BCUT2D eigenvalue weighted by molar-refractivity contribution is 5.95. The smallest absolute Gasteiger partial charge is 0.293 e. The van der Waals surface area contributed by atoms with Gasteiger partial charge in [-0.15, -0.1) is 0 Å². The average molecular weight is 439 g/mol. The summed E-state index contributed by atoms with van der Waals surface area (Å²) in [6.45, 7) is 6.49. The van der Waals surface area contributed by atoms with Gasteiger partial charge in [-0.3, -0.25) is 19.8 Å². The predicted octanol–water partition coefficient (Wildman–Crippen LogP) is 2.39. The van der Waals surface area contributed by atoms with E-state index in [1.165, 1.54) is 13.1 Å². The van der Waals surface area contributed by atoms with Gasteiger partial charge in [0.25, 0.3) is 11.6 Å². The number of aromatic nitrogens is 1. The van der Waals surface area contributed by atoms with Crippen molar-refractivity contribution in [2.75, 3.05) is 62.7 Å². The van der Waals surface area contributed by atoms with Gasteiger partial charge in [0.15, 0.2) is 0 Å². The topological polar surface area (TPSA) is 94.9 Å². The number of hydrogen-bond donors (Lipinski definition) is 1. The van der Waals surface area contributed by atoms with Crippen LogP contribution in [0.15, 0.2) is 42.6 Å². The summed E-state index contributed by atoms with van der Waals surface area (Å²) in [5.41, 5.74) is 0.908. The monoisotopic (exact) mass is 438 g/mol. The molecule has 2 aliphatic heterocycles. The fraction of sp³-hybridized carbons (Fsp3) is 0.478. The molecule has 9 nitrogen and oxygen atoms in total. The summed E-state index contributed by atoms with van der Waals surface area (Å²) in [7, 11) is 1.52. The molecule has 1 aromatic heterocycles. The second kappa shape index (κ2) is 9.95. The second-order valence-corrected chi connectivity index (χ2v) is 8.47. The first-order chi connectivity index (χ1) is 15.5. The van der Waals surface area contributed by atoms with Gasteiger partial charge in [-0.2, -0.15) is 0 Å². The van der Waals surface area contributed by atoms with Crippen molar-refractivity contribution in [3.8, 4) is 0 Å². The molecular weight excluding hydrogens is 408 g/mol. The third-order valence-corrected chi connectivity index (χ3v) is 6.38. The van der Waals surface area contributed by atoms with Crippen molar-refractivity contribution in [2.45, 2.75) is 12.8 Å². The molecule has 1 unspecified atom stereocenters. The van der Waals surface area contributed by atoms with Gasteiger partial charge in [-0.25, -0.2) is 4.98 Å². The van der Waals surface area contributed by atoms with Crippen molar-refractivity contribution in [3.63, 3.8) is 0 Å². The maximum absolute atomic E-state index is 11.9. The largest absolute Gasteiger partial charge is 0.366 e. The van der Waals surface area contributed by atoms with Crippen LogP contribution in [0, 0.1) is 16.0 Å². The fourth-order valence-corrected chi connectivity index (χ4v) is 4.72. The Morgan fingerprint density at radius 2 is 1.97 bits per heavy atom. The van der Waals surface area contributed by atoms with Gasteiger partial charge in [0, 0.05) is 70.7 Å². The van der Waals surface area contributed by atoms with Crippen molar-refractivity contribution in [1.29, 1.82) is 0 Å². The van der Waals surface area contributed by atoms with E-state index in [4.69, 9.17) is 0 Å². The Morgan fingerprint density at radius 3 is 2.66 bits per heavy atom. The molecule has 1 amide bonds. The Labute approximate surface area is 188 Å². The van der Waals surface area contributed by atoms with Gasteiger partial charge < -0.3 is 15.1 Å². The first-order valence-electron chi connectivity index (χ1n) is 11.2. The third-order valence-electron chi connectivity index (χ3n) is 6.38. The molecule has 0 aliphatic carbocycles. The lowest BCUT2D eigenvalue weighted by atomic mass is 9.96. The van der Waals surface area contributed by atoms with Gasteiger partial charge in [0.2, 0.25) is 0 Å². The van der Waals surface area contributed by atoms with Crippen molar-refractivity contribution in [3.05, 3.63) is 58.3 Å². The van der Waals surface area contributed by atoms with Crippen molar-refractivity contribution in [2.24, 2.45) is 5.92 Å². The van der Waals surface area contributed by atoms with Crippen LogP contribution in [0.1, 0.15) is 23.2 Å². The van der Waals surface area contributed by atoms with Crippen LogP contribution in [0.2, 0.25) is 0 Å². The summed E-state index contributed by atoms with van der Waals surface area (Å²) in [6.07, 6.45) is 3.96. The zero-order valence-corrected chi connectivity index (χ0v) is 18.4. The highest BCUT2D eigenvalue weighted by atomic mass is 16.6. The van der Waals surface area contributed by atoms with Gasteiger partial charge in [0.1, 0.15) is 11.5 Å². The summed E-state index contributed by atoms with van der Waals surface area (Å²) >= 11 is 0. The molecule has 4 rings (SSSR count). The van der Waals surface area contributed by atoms with Crippen molar-refractivity contribution < 1.29 is 9.72 Å². The van der Waals surface area contributed by atoms with Gasteiger partial charge in [0.05, 0.1) is 4.92 Å². The molecule has 0 bridgehead atoms. The van der Waals surface area contributed by atoms with Crippen LogP contribution >= 0.6 is 0 Å². The Morgan fingerprint density at radius 1 is 1.16 bits per heavy atom. The number of carbonyl (C=O) groups excluding carboxylic acids is 1. The SMILES string of the molecule is CNC(=O)c1ccc(N2CCCC(CN3CCN(c4ccccn4)CC3)C2)c([N+](=O)[O-])c1. The lowest BCUT2D eigenvalue weighted by Gasteiger charge is -2.40. The summed E-state index contributed by atoms with van der Waals surface area (Å²) in [4.78, 5) is 34.6. The van der Waals surface area contributed by atoms with E-state index in [-0.39, 0.29) is 16.5 Å². The maximum Gasteiger partial charge on any atom is 0.293 e. The zero-order chi connectivity index (χ0) is 22.5. The number of benzene rings is 1. The quantitative estimate of drug-likeness (QED) is 0.547. The van der Waals surface area contributed by atoms with Crippen LogP contribution in [0.3, 0.4) is 0 Å². The Kier molecular flexibility index (Phi) is 6.84. The summed E-state index contributed by atoms with van der Waals surface area (Å²) in [6, 6.07) is 10.8. The molecule has 3 heterocycles. The van der Waals surface area contributed by atoms with Gasteiger partial charge >= 0.3 is 0 Å². The third kappa shape index (κ3) is 4.99. The van der Waals surface area contributed by atoms with Gasteiger partial charge in [-0.1, -0.05) is 6.07 Å². The number of piperazine rings is 1. The number of nitrogens with one attached hydrogen (secondary N) is 1. The van der Waals surface area contributed by atoms with E-state index in [1.807, 2.05) is 18.3 Å². The lowest BCUT2D eigenvalue weighted by Crippen LogP contribution is -2.50. The Balaban J connectivity index is 1.38. The molecule has 0 spiro atoms. The zero-order valence-electron chi connectivity index (χ0n) is 18.4. The molecule has 9 heteroatoms. The number of pyridine rings is 1. The number of carbonyl (C=O) groups is 1. The first-order valence-corrected chi connectivity index (χ1v) is 11.2. The first kappa shape index (κ1) is 22.0. The molecule has 0 radical (unpaired) electrons. The van der Waals surface area contributed by atoms with Crippen LogP contribution in [0.25, 0.3) is 0 Å². The second-order valence-electron chi connectivity index (χ2n) is 8.47. The van der Waals surface area contributed by atoms with E-state index in [0.29, 0.717) is 17.2 Å². The Bertz CT molecular complexity index is 946. The van der Waals surface area contributed by atoms with E-state index in [1.54, 1.807) is 12.1 Å². The minimum Gasteiger partial charge on any atom is -0.366 e. The van der Waals surface area contributed by atoms with Crippen molar-refractivity contribution in [1.82, 2.24) is 15.2 Å². The van der Waals surface area contributed by atoms with Crippen LogP contribution in [-0.2, 0) is 0 Å². The number of amides is 1. The molecule has 2 aromatic rings. The number of nitrogens with zero attached hydrogens (tertiary/aromatic N) is 5. The molecule has 2 fully saturated rings. The normalized spacial score (nSPS) is 19.6. The Hall–Kier alpha value is -3.20. The standard InChI is InChI=1S/C23H30N6O3/c1-24-23(30)19-7-8-20(21(15-19)29(31)32)28-10-4-5-18(17-28)16-26-11-13-27(14-12-26)22-6-2-3-9-25-22/h2-3,6-9,15,18H,4-5,10-14,16-17H2,1H3,(H,24,30). The summed E-state index contributed by atoms with van der Waals surface area (Å²) in [5, 5.41) is 14.2. The summed E-state index contributed by atoms with van der Waals surface area (Å²) < 4.78 is 0. The van der Waals surface area contributed by atoms with E-state index < -0.39 is 0 Å². The van der Waals surface area contributed by atoms with Crippen LogP contribution in [0.5, 0.6) is 0 Å². The van der Waals surface area contributed by atoms with E-state index >= 15 is 0 Å². The number of rotatable bonds is 6. The van der Waals surface area contributed by atoms with Crippen molar-refractivity contribution >= 4 is 23.1 Å². The fourth-order valence-electron chi connectivity index (χ4n) is 4.72. The number of nitro benzene ring substituents is 1. The highest BCUT2D eigenvalue weighted by Crippen LogP contribution is 2.33. The van der Waals surface area contributed by atoms with E-state index in [2.05, 4.69) is 31.1 Å². The van der Waals surface area contributed by atoms with E-state index in [9.17, 15) is 14.9 Å². The highest BCUT2D eigenvalue weighted by Gasteiger charge is 2.28. The molecule has 1 atom stereocenters.